The Morgan fingerprint density at radius 1 is 0.889 bits per heavy atom. The van der Waals surface area contributed by atoms with E-state index in [2.05, 4.69) is 22.2 Å². The lowest BCUT2D eigenvalue weighted by Crippen LogP contribution is -2.38. The normalized spacial score (nSPS) is 19.7. The van der Waals surface area contributed by atoms with E-state index in [0.717, 1.165) is 21.6 Å². The number of anilines is 1. The van der Waals surface area contributed by atoms with Crippen LogP contribution in [0.15, 0.2) is 108 Å². The predicted molar refractivity (Wildman–Crippen MR) is 171 cm³/mol. The van der Waals surface area contributed by atoms with Gasteiger partial charge in [-0.05, 0) is 59.7 Å². The van der Waals surface area contributed by atoms with Crippen molar-refractivity contribution in [1.82, 2.24) is 9.97 Å². The van der Waals surface area contributed by atoms with Crippen molar-refractivity contribution in [2.75, 3.05) is 11.1 Å². The number of para-hydroxylation sites is 2. The third kappa shape index (κ3) is 7.05. The smallest absolute Gasteiger partial charge is 0.335 e. The molecule has 45 heavy (non-hydrogen) atoms. The molecule has 0 radical (unpaired) electrons. The molecule has 1 fully saturated rings. The van der Waals surface area contributed by atoms with Crippen molar-refractivity contribution in [2.45, 2.75) is 36.9 Å². The zero-order chi connectivity index (χ0) is 31.3. The Hall–Kier alpha value is -4.61. The van der Waals surface area contributed by atoms with E-state index in [1.165, 1.54) is 6.20 Å². The third-order valence-electron chi connectivity index (χ3n) is 7.74. The van der Waals surface area contributed by atoms with Crippen LogP contribution in [0.25, 0.3) is 11.0 Å². The molecule has 3 N–H and O–H groups in total. The molecule has 2 heterocycles. The van der Waals surface area contributed by atoms with Crippen LogP contribution in [0.3, 0.4) is 0 Å². The van der Waals surface area contributed by atoms with Crippen LogP contribution < -0.4 is 5.32 Å². The van der Waals surface area contributed by atoms with Gasteiger partial charge in [-0.25, -0.2) is 9.78 Å². The first-order valence-electron chi connectivity index (χ1n) is 14.5. The second-order valence-electron chi connectivity index (χ2n) is 10.8. The number of nitrogens with one attached hydrogen (secondary N) is 1. The molecule has 5 aromatic rings. The van der Waals surface area contributed by atoms with E-state index in [9.17, 15) is 19.8 Å². The fourth-order valence-corrected chi connectivity index (χ4v) is 6.27. The van der Waals surface area contributed by atoms with Crippen molar-refractivity contribution in [1.29, 1.82) is 0 Å². The molecule has 0 bridgehead atoms. The number of carboxylic acid groups (broad SMARTS) is 1. The van der Waals surface area contributed by atoms with Crippen molar-refractivity contribution in [3.05, 3.63) is 131 Å². The number of fused-ring (bicyclic) bond motifs is 1. The van der Waals surface area contributed by atoms with Crippen LogP contribution in [0.4, 0.5) is 5.69 Å². The monoisotopic (exact) mass is 621 g/mol. The topological polar surface area (TPSA) is 131 Å². The van der Waals surface area contributed by atoms with Gasteiger partial charge in [-0.2, -0.15) is 0 Å². The molecule has 1 amide bonds. The van der Waals surface area contributed by atoms with E-state index >= 15 is 0 Å². The molecular formula is C35H31N3O6S. The van der Waals surface area contributed by atoms with Crippen LogP contribution in [0.1, 0.15) is 56.9 Å². The number of carboxylic acids is 1. The second kappa shape index (κ2) is 13.6. The number of hydrogen-bond donors (Lipinski definition) is 3. The van der Waals surface area contributed by atoms with E-state index in [1.54, 1.807) is 42.1 Å². The lowest BCUT2D eigenvalue weighted by Gasteiger charge is -2.41. The first-order chi connectivity index (χ1) is 21.9. The van der Waals surface area contributed by atoms with E-state index < -0.39 is 12.3 Å². The van der Waals surface area contributed by atoms with Crippen LogP contribution in [-0.4, -0.2) is 43.9 Å². The molecule has 1 aliphatic heterocycles. The summed E-state index contributed by atoms with van der Waals surface area (Å²) in [5, 5.41) is 21.7. The third-order valence-corrected chi connectivity index (χ3v) is 8.84. The number of benzene rings is 4. The molecule has 4 aromatic carbocycles. The van der Waals surface area contributed by atoms with E-state index in [1.807, 2.05) is 66.7 Å². The standard InChI is InChI=1S/C35H31N3O6S/c1-21-31(20-45-27-15-13-24(14-16-27)34(41)42)43-35(44-32(21)23-11-9-22(19-39)10-12-23)25-5-4-6-26(17-25)37-33(40)30-18-36-28-7-2-3-8-29(28)38-30/h2-18,21,31-32,35,39H,19-20H2,1H3,(H,37,40)(H,41,42)/t21-,31+,32+,35+/m0/s1. The molecule has 1 aromatic heterocycles. The minimum atomic E-state index is -0.963. The number of carbonyl (C=O) groups excluding carboxylic acids is 1. The Balaban J connectivity index is 1.23. The van der Waals surface area contributed by atoms with Crippen molar-refractivity contribution in [2.24, 2.45) is 5.92 Å². The highest BCUT2D eigenvalue weighted by molar-refractivity contribution is 7.99. The van der Waals surface area contributed by atoms with Crippen LogP contribution in [0.5, 0.6) is 0 Å². The molecular weight excluding hydrogens is 590 g/mol. The summed E-state index contributed by atoms with van der Waals surface area (Å²) in [6.45, 7) is 2.04. The molecule has 10 heteroatoms. The molecule has 4 atom stereocenters. The average Bonchev–Trinajstić information content (AvgIpc) is 3.08. The molecule has 9 nitrogen and oxygen atoms in total. The quantitative estimate of drug-likeness (QED) is 0.155. The lowest BCUT2D eigenvalue weighted by molar-refractivity contribution is -0.268. The summed E-state index contributed by atoms with van der Waals surface area (Å²) < 4.78 is 13.1. The first-order valence-corrected chi connectivity index (χ1v) is 15.5. The minimum absolute atomic E-state index is 0.0265. The highest BCUT2D eigenvalue weighted by atomic mass is 32.2. The molecule has 228 valence electrons. The Labute approximate surface area is 264 Å². The van der Waals surface area contributed by atoms with Crippen LogP contribution in [-0.2, 0) is 16.1 Å². The highest BCUT2D eigenvalue weighted by Crippen LogP contribution is 2.43. The number of aromatic carboxylic acids is 1. The van der Waals surface area contributed by atoms with Gasteiger partial charge in [0.05, 0.1) is 41.6 Å². The summed E-state index contributed by atoms with van der Waals surface area (Å²) in [6.07, 6.45) is 0.214. The van der Waals surface area contributed by atoms with Crippen molar-refractivity contribution in [3.8, 4) is 0 Å². The Bertz CT molecular complexity index is 1820. The number of carbonyl (C=O) groups is 2. The van der Waals surface area contributed by atoms with Gasteiger partial charge in [-0.15, -0.1) is 11.8 Å². The summed E-state index contributed by atoms with van der Waals surface area (Å²) in [5.74, 6) is -0.763. The maximum absolute atomic E-state index is 13.1. The molecule has 0 spiro atoms. The zero-order valence-electron chi connectivity index (χ0n) is 24.4. The molecule has 1 saturated heterocycles. The van der Waals surface area contributed by atoms with Gasteiger partial charge < -0.3 is 25.0 Å². The number of aromatic nitrogens is 2. The van der Waals surface area contributed by atoms with Gasteiger partial charge >= 0.3 is 5.97 Å². The average molecular weight is 622 g/mol. The lowest BCUT2D eigenvalue weighted by atomic mass is 9.91. The molecule has 6 rings (SSSR count). The van der Waals surface area contributed by atoms with E-state index in [0.29, 0.717) is 22.5 Å². The largest absolute Gasteiger partial charge is 0.478 e. The number of nitrogens with zero attached hydrogens (tertiary/aromatic N) is 2. The van der Waals surface area contributed by atoms with Crippen molar-refractivity contribution >= 4 is 40.4 Å². The maximum Gasteiger partial charge on any atom is 0.335 e. The maximum atomic E-state index is 13.1. The Morgan fingerprint density at radius 2 is 1.64 bits per heavy atom. The number of aliphatic hydroxyl groups excluding tert-OH is 1. The number of ether oxygens (including phenoxy) is 2. The zero-order valence-corrected chi connectivity index (χ0v) is 25.2. The first kappa shape index (κ1) is 30.4. The van der Waals surface area contributed by atoms with Gasteiger partial charge in [-0.3, -0.25) is 9.78 Å². The van der Waals surface area contributed by atoms with Crippen molar-refractivity contribution < 1.29 is 29.3 Å². The van der Waals surface area contributed by atoms with Gasteiger partial charge in [0.1, 0.15) is 5.69 Å². The summed E-state index contributed by atoms with van der Waals surface area (Å²) in [7, 11) is 0. The number of thioether (sulfide) groups is 1. The summed E-state index contributed by atoms with van der Waals surface area (Å²) >= 11 is 1.59. The SMILES string of the molecule is C[C@H]1[C@@H](CSc2ccc(C(=O)O)cc2)O[C@@H](c2cccc(NC(=O)c3cnc4ccccc4n3)c2)O[C@H]1c1ccc(CO)cc1. The predicted octanol–water partition coefficient (Wildman–Crippen LogP) is 6.66. The Kier molecular flexibility index (Phi) is 9.18. The van der Waals surface area contributed by atoms with Gasteiger partial charge in [0, 0.05) is 27.8 Å². The van der Waals surface area contributed by atoms with Crippen molar-refractivity contribution in [3.63, 3.8) is 0 Å². The molecule has 0 saturated carbocycles. The van der Waals surface area contributed by atoms with E-state index in [4.69, 9.17) is 9.47 Å². The minimum Gasteiger partial charge on any atom is -0.478 e. The molecule has 1 aliphatic rings. The van der Waals surface area contributed by atoms with Crippen LogP contribution >= 0.6 is 11.8 Å². The number of aliphatic hydroxyl groups is 1. The van der Waals surface area contributed by atoms with Crippen LogP contribution in [0.2, 0.25) is 0 Å². The summed E-state index contributed by atoms with van der Waals surface area (Å²) in [4.78, 5) is 34.1. The summed E-state index contributed by atoms with van der Waals surface area (Å²) in [5.41, 5.74) is 4.87. The second-order valence-corrected chi connectivity index (χ2v) is 11.9. The highest BCUT2D eigenvalue weighted by Gasteiger charge is 2.38. The number of hydrogen-bond acceptors (Lipinski definition) is 8. The fraction of sp³-hybridized carbons (Fsp3) is 0.200. The Morgan fingerprint density at radius 3 is 2.38 bits per heavy atom. The van der Waals surface area contributed by atoms with Gasteiger partial charge in [-0.1, -0.05) is 55.5 Å². The van der Waals surface area contributed by atoms with Crippen LogP contribution in [0, 0.1) is 5.92 Å². The molecule has 0 aliphatic carbocycles. The van der Waals surface area contributed by atoms with Gasteiger partial charge in [0.25, 0.3) is 5.91 Å². The number of rotatable bonds is 9. The van der Waals surface area contributed by atoms with Gasteiger partial charge in [0.2, 0.25) is 0 Å². The fourth-order valence-electron chi connectivity index (χ4n) is 5.21. The number of amides is 1. The molecule has 0 unspecified atom stereocenters. The van der Waals surface area contributed by atoms with E-state index in [-0.39, 0.29) is 41.9 Å². The van der Waals surface area contributed by atoms with Gasteiger partial charge in [0.15, 0.2) is 6.29 Å². The summed E-state index contributed by atoms with van der Waals surface area (Å²) in [6, 6.07) is 29.2.